The van der Waals surface area contributed by atoms with E-state index in [4.69, 9.17) is 9.47 Å². The smallest absolute Gasteiger partial charge is 0.244 e. The second-order valence-corrected chi connectivity index (χ2v) is 8.53. The maximum atomic E-state index is 12.5. The van der Waals surface area contributed by atoms with Gasteiger partial charge in [-0.15, -0.1) is 0 Å². The largest absolute Gasteiger partial charge is 0.493 e. The summed E-state index contributed by atoms with van der Waals surface area (Å²) in [5.74, 6) is 1.89. The SMILES string of the molecule is COc1ccc([C@H]2CC(=O)N(CC(=O)Nc3cc(C)ns3)C2)cc1OCC1CC1. The van der Waals surface area contributed by atoms with E-state index in [0.29, 0.717) is 36.2 Å². The maximum absolute atomic E-state index is 12.5. The van der Waals surface area contributed by atoms with Crippen molar-refractivity contribution in [3.05, 3.63) is 35.5 Å². The number of hydrogen-bond acceptors (Lipinski definition) is 6. The van der Waals surface area contributed by atoms with E-state index in [-0.39, 0.29) is 24.3 Å². The Balaban J connectivity index is 1.38. The van der Waals surface area contributed by atoms with Crippen molar-refractivity contribution in [2.45, 2.75) is 32.1 Å². The Hall–Kier alpha value is -2.61. The molecule has 0 spiro atoms. The number of anilines is 1. The maximum Gasteiger partial charge on any atom is 0.244 e. The van der Waals surface area contributed by atoms with Gasteiger partial charge in [0.1, 0.15) is 5.00 Å². The molecule has 1 N–H and O–H groups in total. The van der Waals surface area contributed by atoms with Crippen molar-refractivity contribution in [3.63, 3.8) is 0 Å². The van der Waals surface area contributed by atoms with Gasteiger partial charge in [-0.05, 0) is 61.0 Å². The normalized spacial score (nSPS) is 18.8. The van der Waals surface area contributed by atoms with Gasteiger partial charge in [0, 0.05) is 18.9 Å². The van der Waals surface area contributed by atoms with Crippen molar-refractivity contribution in [2.75, 3.05) is 32.1 Å². The lowest BCUT2D eigenvalue weighted by Gasteiger charge is -2.17. The zero-order chi connectivity index (χ0) is 20.4. The van der Waals surface area contributed by atoms with Crippen LogP contribution in [0.15, 0.2) is 24.3 Å². The Kier molecular flexibility index (Phi) is 5.71. The van der Waals surface area contributed by atoms with Gasteiger partial charge in [0.2, 0.25) is 11.8 Å². The van der Waals surface area contributed by atoms with Crippen LogP contribution in [0.1, 0.15) is 36.4 Å². The lowest BCUT2D eigenvalue weighted by atomic mass is 9.98. The Morgan fingerprint density at radius 2 is 2.14 bits per heavy atom. The molecule has 2 heterocycles. The summed E-state index contributed by atoms with van der Waals surface area (Å²) in [6.45, 7) is 3.14. The second kappa shape index (κ2) is 8.41. The van der Waals surface area contributed by atoms with Crippen LogP contribution in [0.3, 0.4) is 0 Å². The lowest BCUT2D eigenvalue weighted by Crippen LogP contribution is -2.34. The van der Waals surface area contributed by atoms with Crippen LogP contribution in [0.4, 0.5) is 5.00 Å². The van der Waals surface area contributed by atoms with Crippen molar-refractivity contribution in [3.8, 4) is 11.5 Å². The third-order valence-electron chi connectivity index (χ3n) is 5.27. The topological polar surface area (TPSA) is 80.8 Å². The van der Waals surface area contributed by atoms with Crippen molar-refractivity contribution in [2.24, 2.45) is 5.92 Å². The first-order valence-electron chi connectivity index (χ1n) is 9.83. The minimum Gasteiger partial charge on any atom is -0.493 e. The molecule has 1 saturated heterocycles. The molecule has 1 aliphatic heterocycles. The number of aryl methyl sites for hydroxylation is 1. The number of carbonyl (C=O) groups is 2. The zero-order valence-electron chi connectivity index (χ0n) is 16.6. The highest BCUT2D eigenvalue weighted by Gasteiger charge is 2.32. The summed E-state index contributed by atoms with van der Waals surface area (Å²) in [6.07, 6.45) is 2.83. The summed E-state index contributed by atoms with van der Waals surface area (Å²) in [4.78, 5) is 26.4. The molecule has 1 atom stereocenters. The van der Waals surface area contributed by atoms with Gasteiger partial charge >= 0.3 is 0 Å². The van der Waals surface area contributed by atoms with Gasteiger partial charge in [-0.2, -0.15) is 4.37 Å². The fourth-order valence-electron chi connectivity index (χ4n) is 3.47. The van der Waals surface area contributed by atoms with E-state index in [2.05, 4.69) is 9.69 Å². The number of methoxy groups -OCH3 is 1. The van der Waals surface area contributed by atoms with Gasteiger partial charge < -0.3 is 19.7 Å². The first kappa shape index (κ1) is 19.7. The molecule has 29 heavy (non-hydrogen) atoms. The quantitative estimate of drug-likeness (QED) is 0.716. The van der Waals surface area contributed by atoms with Crippen molar-refractivity contribution < 1.29 is 19.1 Å². The van der Waals surface area contributed by atoms with Crippen LogP contribution in [0.2, 0.25) is 0 Å². The number of rotatable bonds is 8. The predicted molar refractivity (Wildman–Crippen MR) is 111 cm³/mol. The molecule has 2 aliphatic rings. The Labute approximate surface area is 174 Å². The number of amides is 2. The number of hydrogen-bond donors (Lipinski definition) is 1. The Bertz CT molecular complexity index is 909. The van der Waals surface area contributed by atoms with E-state index >= 15 is 0 Å². The second-order valence-electron chi connectivity index (χ2n) is 7.72. The fourth-order valence-corrected chi connectivity index (χ4v) is 4.15. The molecule has 154 valence electrons. The van der Waals surface area contributed by atoms with Crippen molar-refractivity contribution >= 4 is 28.3 Å². The van der Waals surface area contributed by atoms with E-state index < -0.39 is 0 Å². The van der Waals surface area contributed by atoms with Crippen LogP contribution in [0.25, 0.3) is 0 Å². The first-order chi connectivity index (χ1) is 14.0. The molecule has 8 heteroatoms. The summed E-state index contributed by atoms with van der Waals surface area (Å²) in [7, 11) is 1.63. The lowest BCUT2D eigenvalue weighted by molar-refractivity contribution is -0.131. The summed E-state index contributed by atoms with van der Waals surface area (Å²) >= 11 is 1.24. The summed E-state index contributed by atoms with van der Waals surface area (Å²) in [5.41, 5.74) is 1.90. The molecule has 1 aromatic heterocycles. The van der Waals surface area contributed by atoms with E-state index in [1.807, 2.05) is 31.2 Å². The number of ether oxygens (including phenoxy) is 2. The standard InChI is InChI=1S/C21H25N3O4S/c1-13-7-20(29-23-13)22-19(25)11-24-10-16(9-21(24)26)15-5-6-17(27-2)18(8-15)28-12-14-3-4-14/h5-8,14,16H,3-4,9-12H2,1-2H3,(H,22,25)/t16-/m0/s1. The molecule has 1 aliphatic carbocycles. The van der Waals surface area contributed by atoms with Crippen LogP contribution in [0, 0.1) is 12.8 Å². The highest BCUT2D eigenvalue weighted by Crippen LogP contribution is 2.37. The minimum absolute atomic E-state index is 0.0121. The van der Waals surface area contributed by atoms with Crippen LogP contribution >= 0.6 is 11.5 Å². The van der Waals surface area contributed by atoms with Crippen LogP contribution in [0.5, 0.6) is 11.5 Å². The molecule has 2 fully saturated rings. The van der Waals surface area contributed by atoms with E-state index in [9.17, 15) is 9.59 Å². The van der Waals surface area contributed by atoms with Crippen molar-refractivity contribution in [1.29, 1.82) is 0 Å². The van der Waals surface area contributed by atoms with Crippen LogP contribution < -0.4 is 14.8 Å². The molecule has 1 saturated carbocycles. The van der Waals surface area contributed by atoms with E-state index in [1.165, 1.54) is 24.4 Å². The molecule has 0 radical (unpaired) electrons. The number of likely N-dealkylation sites (tertiary alicyclic amines) is 1. The molecular formula is C21H25N3O4S. The third-order valence-corrected chi connectivity index (χ3v) is 6.07. The highest BCUT2D eigenvalue weighted by molar-refractivity contribution is 7.10. The number of benzene rings is 1. The van der Waals surface area contributed by atoms with Crippen LogP contribution in [-0.4, -0.2) is 47.9 Å². The predicted octanol–water partition coefficient (Wildman–Crippen LogP) is 3.20. The summed E-state index contributed by atoms with van der Waals surface area (Å²) < 4.78 is 15.5. The average Bonchev–Trinajstić information content (AvgIpc) is 3.35. The summed E-state index contributed by atoms with van der Waals surface area (Å²) in [5, 5.41) is 3.51. The van der Waals surface area contributed by atoms with Crippen LogP contribution in [-0.2, 0) is 9.59 Å². The molecular weight excluding hydrogens is 390 g/mol. The summed E-state index contributed by atoms with van der Waals surface area (Å²) in [6, 6.07) is 7.66. The molecule has 4 rings (SSSR count). The number of carbonyl (C=O) groups excluding carboxylic acids is 2. The van der Waals surface area contributed by atoms with Gasteiger partial charge in [0.25, 0.3) is 0 Å². The van der Waals surface area contributed by atoms with E-state index in [1.54, 1.807) is 12.0 Å². The zero-order valence-corrected chi connectivity index (χ0v) is 17.5. The van der Waals surface area contributed by atoms with Gasteiger partial charge in [0.15, 0.2) is 11.5 Å². The molecule has 7 nitrogen and oxygen atoms in total. The molecule has 0 bridgehead atoms. The number of nitrogens with zero attached hydrogens (tertiary/aromatic N) is 2. The molecule has 2 amide bonds. The molecule has 2 aromatic rings. The first-order valence-corrected chi connectivity index (χ1v) is 10.6. The molecule has 0 unspecified atom stereocenters. The fraction of sp³-hybridized carbons (Fsp3) is 0.476. The van der Waals surface area contributed by atoms with Gasteiger partial charge in [-0.3, -0.25) is 9.59 Å². The Morgan fingerprint density at radius 1 is 1.31 bits per heavy atom. The minimum atomic E-state index is -0.203. The van der Waals surface area contributed by atoms with Gasteiger partial charge in [0.05, 0.1) is 26.0 Å². The van der Waals surface area contributed by atoms with Crippen molar-refractivity contribution in [1.82, 2.24) is 9.27 Å². The van der Waals surface area contributed by atoms with E-state index in [0.717, 1.165) is 17.0 Å². The number of nitrogens with one attached hydrogen (secondary N) is 1. The van der Waals surface area contributed by atoms with Gasteiger partial charge in [-0.25, -0.2) is 0 Å². The van der Waals surface area contributed by atoms with Gasteiger partial charge in [-0.1, -0.05) is 6.07 Å². The monoisotopic (exact) mass is 415 g/mol. The number of aromatic nitrogens is 1. The highest BCUT2D eigenvalue weighted by atomic mass is 32.1. The third kappa shape index (κ3) is 4.87. The Morgan fingerprint density at radius 3 is 2.83 bits per heavy atom. The molecule has 1 aromatic carbocycles. The average molecular weight is 416 g/mol.